The number of hydrogen-bond donors (Lipinski definition) is 4. The topological polar surface area (TPSA) is 134 Å². The average Bonchev–Trinajstić information content (AvgIpc) is 2.79. The second-order valence-corrected chi connectivity index (χ2v) is 5.76. The molecule has 2 heterocycles. The van der Waals surface area contributed by atoms with Gasteiger partial charge in [0.25, 0.3) is 5.56 Å². The van der Waals surface area contributed by atoms with Gasteiger partial charge < -0.3 is 24.8 Å². The van der Waals surface area contributed by atoms with Crippen molar-refractivity contribution in [2.45, 2.75) is 57.5 Å². The molecule has 2 rings (SSSR count). The van der Waals surface area contributed by atoms with Gasteiger partial charge in [0.15, 0.2) is 6.23 Å². The molecule has 0 aliphatic carbocycles. The first-order valence-electron chi connectivity index (χ1n) is 7.36. The molecule has 23 heavy (non-hydrogen) atoms. The Morgan fingerprint density at radius 2 is 2.09 bits per heavy atom. The van der Waals surface area contributed by atoms with Crippen molar-refractivity contribution < 1.29 is 24.8 Å². The van der Waals surface area contributed by atoms with Crippen molar-refractivity contribution in [1.82, 2.24) is 9.55 Å². The van der Waals surface area contributed by atoms with E-state index in [2.05, 4.69) is 4.98 Å². The van der Waals surface area contributed by atoms with Crippen molar-refractivity contribution in [3.63, 3.8) is 0 Å². The van der Waals surface area contributed by atoms with Gasteiger partial charge >= 0.3 is 5.69 Å². The van der Waals surface area contributed by atoms with Gasteiger partial charge in [0.05, 0.1) is 18.8 Å². The van der Waals surface area contributed by atoms with Crippen molar-refractivity contribution in [3.05, 3.63) is 32.6 Å². The molecule has 1 aromatic rings. The summed E-state index contributed by atoms with van der Waals surface area (Å²) in [7, 11) is 0. The Kier molecular flexibility index (Phi) is 5.37. The van der Waals surface area contributed by atoms with Gasteiger partial charge in [-0.1, -0.05) is 0 Å². The predicted molar refractivity (Wildman–Crippen MR) is 79.1 cm³/mol. The number of aliphatic hydroxyl groups is 3. The standard InChI is InChI=1S/C14H22N2O7/c1-6-4-16(14(21)15-12(6)20)13-11(22-8(3)7(2)18)10(19)9(5-17)23-13/h4,7-11,13,17-19H,5H2,1-3H3,(H,15,20,21)/t7-,8+,9+,10?,11?,13+/m0/s1. The van der Waals surface area contributed by atoms with Gasteiger partial charge in [0.1, 0.15) is 18.3 Å². The highest BCUT2D eigenvalue weighted by molar-refractivity contribution is 5.03. The Labute approximate surface area is 132 Å². The number of H-pyrrole nitrogens is 1. The number of aryl methyl sites for hydroxylation is 1. The highest BCUT2D eigenvalue weighted by Crippen LogP contribution is 2.31. The SMILES string of the molecule is Cc1cn([C@@H]2O[C@H](CO)C(O)C2O[C@H](C)[C@H](C)O)c(=O)[nH]c1=O. The van der Waals surface area contributed by atoms with Crippen LogP contribution in [0.1, 0.15) is 25.6 Å². The Morgan fingerprint density at radius 3 is 2.65 bits per heavy atom. The molecule has 4 N–H and O–H groups in total. The van der Waals surface area contributed by atoms with Crippen LogP contribution in [0.5, 0.6) is 0 Å². The van der Waals surface area contributed by atoms with E-state index in [1.165, 1.54) is 20.0 Å². The van der Waals surface area contributed by atoms with Crippen LogP contribution in [-0.4, -0.2) is 62.0 Å². The lowest BCUT2D eigenvalue weighted by Gasteiger charge is -2.27. The van der Waals surface area contributed by atoms with Gasteiger partial charge in [-0.25, -0.2) is 4.79 Å². The van der Waals surface area contributed by atoms with E-state index >= 15 is 0 Å². The summed E-state index contributed by atoms with van der Waals surface area (Å²) >= 11 is 0. The molecular weight excluding hydrogens is 308 g/mol. The lowest BCUT2D eigenvalue weighted by molar-refractivity contribution is -0.124. The molecular formula is C14H22N2O7. The molecule has 1 saturated heterocycles. The minimum atomic E-state index is -1.19. The summed E-state index contributed by atoms with van der Waals surface area (Å²) in [4.78, 5) is 25.7. The van der Waals surface area contributed by atoms with Crippen LogP contribution < -0.4 is 11.2 Å². The van der Waals surface area contributed by atoms with Crippen LogP contribution in [0.2, 0.25) is 0 Å². The normalized spacial score (nSPS) is 30.3. The van der Waals surface area contributed by atoms with Crippen LogP contribution in [0.15, 0.2) is 15.8 Å². The molecule has 130 valence electrons. The number of aliphatic hydroxyl groups excluding tert-OH is 3. The minimum Gasteiger partial charge on any atom is -0.394 e. The summed E-state index contributed by atoms with van der Waals surface area (Å²) in [6.07, 6.45) is -4.27. The van der Waals surface area contributed by atoms with Gasteiger partial charge in [-0.05, 0) is 20.8 Å². The molecule has 2 unspecified atom stereocenters. The number of hydrogen-bond acceptors (Lipinski definition) is 7. The summed E-state index contributed by atoms with van der Waals surface area (Å²) in [5, 5.41) is 29.1. The van der Waals surface area contributed by atoms with Gasteiger partial charge in [-0.3, -0.25) is 14.3 Å². The first-order valence-corrected chi connectivity index (χ1v) is 7.36. The molecule has 0 saturated carbocycles. The maximum atomic E-state index is 12.0. The Morgan fingerprint density at radius 1 is 1.43 bits per heavy atom. The molecule has 0 amide bonds. The van der Waals surface area contributed by atoms with Crippen molar-refractivity contribution in [3.8, 4) is 0 Å². The molecule has 1 fully saturated rings. The van der Waals surface area contributed by atoms with Crippen molar-refractivity contribution in [2.24, 2.45) is 0 Å². The molecule has 6 atom stereocenters. The van der Waals surface area contributed by atoms with Gasteiger partial charge in [-0.2, -0.15) is 0 Å². The number of nitrogens with one attached hydrogen (secondary N) is 1. The van der Waals surface area contributed by atoms with E-state index in [9.17, 15) is 24.9 Å². The molecule has 0 bridgehead atoms. The second kappa shape index (κ2) is 6.93. The number of ether oxygens (including phenoxy) is 2. The lowest BCUT2D eigenvalue weighted by atomic mass is 10.1. The van der Waals surface area contributed by atoms with E-state index < -0.39 is 54.6 Å². The maximum Gasteiger partial charge on any atom is 0.330 e. The lowest BCUT2D eigenvalue weighted by Crippen LogP contribution is -2.42. The number of nitrogens with zero attached hydrogens (tertiary/aromatic N) is 1. The third-order valence-electron chi connectivity index (χ3n) is 3.96. The number of aromatic nitrogens is 2. The summed E-state index contributed by atoms with van der Waals surface area (Å²) in [6, 6.07) is 0. The number of rotatable bonds is 5. The van der Waals surface area contributed by atoms with Crippen LogP contribution >= 0.6 is 0 Å². The molecule has 0 radical (unpaired) electrons. The summed E-state index contributed by atoms with van der Waals surface area (Å²) < 4.78 is 12.2. The summed E-state index contributed by atoms with van der Waals surface area (Å²) in [5.74, 6) is 0. The maximum absolute atomic E-state index is 12.0. The van der Waals surface area contributed by atoms with Crippen molar-refractivity contribution in [2.75, 3.05) is 6.61 Å². The highest BCUT2D eigenvalue weighted by atomic mass is 16.6. The van der Waals surface area contributed by atoms with E-state index in [0.717, 1.165) is 4.57 Å². The third-order valence-corrected chi connectivity index (χ3v) is 3.96. The van der Waals surface area contributed by atoms with Gasteiger partial charge in [0, 0.05) is 11.8 Å². The zero-order chi connectivity index (χ0) is 17.3. The quantitative estimate of drug-likeness (QED) is 0.503. The van der Waals surface area contributed by atoms with E-state index in [1.54, 1.807) is 6.92 Å². The Balaban J connectivity index is 2.39. The molecule has 0 spiro atoms. The Bertz CT molecular complexity index is 653. The molecule has 1 aromatic heterocycles. The zero-order valence-electron chi connectivity index (χ0n) is 13.2. The first-order chi connectivity index (χ1) is 10.8. The van der Waals surface area contributed by atoms with Gasteiger partial charge in [-0.15, -0.1) is 0 Å². The van der Waals surface area contributed by atoms with Crippen LogP contribution in [0, 0.1) is 6.92 Å². The fraction of sp³-hybridized carbons (Fsp3) is 0.714. The highest BCUT2D eigenvalue weighted by Gasteiger charge is 2.46. The van der Waals surface area contributed by atoms with Crippen molar-refractivity contribution >= 4 is 0 Å². The molecule has 1 aliphatic heterocycles. The third kappa shape index (κ3) is 3.54. The summed E-state index contributed by atoms with van der Waals surface area (Å²) in [5.41, 5.74) is -0.939. The van der Waals surface area contributed by atoms with Crippen LogP contribution in [0.4, 0.5) is 0 Å². The van der Waals surface area contributed by atoms with Crippen LogP contribution in [0.25, 0.3) is 0 Å². The fourth-order valence-electron chi connectivity index (χ4n) is 2.38. The smallest absolute Gasteiger partial charge is 0.330 e. The largest absolute Gasteiger partial charge is 0.394 e. The minimum absolute atomic E-state index is 0.289. The molecule has 1 aliphatic rings. The van der Waals surface area contributed by atoms with E-state index in [0.29, 0.717) is 0 Å². The number of aromatic amines is 1. The predicted octanol–water partition coefficient (Wildman–Crippen LogP) is -1.75. The first kappa shape index (κ1) is 17.8. The second-order valence-electron chi connectivity index (χ2n) is 5.76. The summed E-state index contributed by atoms with van der Waals surface area (Å²) in [6.45, 7) is 4.21. The molecule has 0 aromatic carbocycles. The van der Waals surface area contributed by atoms with Crippen LogP contribution in [-0.2, 0) is 9.47 Å². The van der Waals surface area contributed by atoms with E-state index in [-0.39, 0.29) is 5.56 Å². The van der Waals surface area contributed by atoms with Gasteiger partial charge in [0.2, 0.25) is 0 Å². The van der Waals surface area contributed by atoms with Crippen molar-refractivity contribution in [1.29, 1.82) is 0 Å². The molecule has 9 nitrogen and oxygen atoms in total. The monoisotopic (exact) mass is 330 g/mol. The zero-order valence-corrected chi connectivity index (χ0v) is 13.2. The van der Waals surface area contributed by atoms with E-state index in [1.807, 2.05) is 0 Å². The van der Waals surface area contributed by atoms with E-state index in [4.69, 9.17) is 9.47 Å². The average molecular weight is 330 g/mol. The Hall–Kier alpha value is -1.52. The molecule has 9 heteroatoms. The van der Waals surface area contributed by atoms with Crippen LogP contribution in [0.3, 0.4) is 0 Å². The fourth-order valence-corrected chi connectivity index (χ4v) is 2.38.